The smallest absolute Gasteiger partial charge is 0.224 e. The summed E-state index contributed by atoms with van der Waals surface area (Å²) in [5, 5.41) is 2.89. The second-order valence-corrected chi connectivity index (χ2v) is 6.61. The minimum absolute atomic E-state index is 0.0362. The van der Waals surface area contributed by atoms with E-state index < -0.39 is 0 Å². The quantitative estimate of drug-likeness (QED) is 0.827. The van der Waals surface area contributed by atoms with Gasteiger partial charge in [-0.3, -0.25) is 4.79 Å². The van der Waals surface area contributed by atoms with E-state index in [1.807, 2.05) is 6.07 Å². The topological polar surface area (TPSA) is 55.1 Å². The van der Waals surface area contributed by atoms with Gasteiger partial charge in [-0.1, -0.05) is 27.7 Å². The van der Waals surface area contributed by atoms with E-state index in [-0.39, 0.29) is 11.3 Å². The lowest BCUT2D eigenvalue weighted by molar-refractivity contribution is -0.117. The van der Waals surface area contributed by atoms with E-state index in [4.69, 9.17) is 5.73 Å². The molecule has 0 bridgehead atoms. The Morgan fingerprint density at radius 1 is 1.44 bits per heavy atom. The predicted octanol–water partition coefficient (Wildman–Crippen LogP) is 4.04. The first-order chi connectivity index (χ1) is 8.20. The number of nitrogens with one attached hydrogen (secondary N) is 1. The summed E-state index contributed by atoms with van der Waals surface area (Å²) in [6.07, 6.45) is 0.519. The molecular formula is C14H21BrN2O. The van der Waals surface area contributed by atoms with Crippen LogP contribution in [-0.4, -0.2) is 5.91 Å². The van der Waals surface area contributed by atoms with Crippen LogP contribution in [-0.2, 0) is 4.79 Å². The van der Waals surface area contributed by atoms with Gasteiger partial charge in [-0.15, -0.1) is 0 Å². The van der Waals surface area contributed by atoms with Crippen molar-refractivity contribution in [2.45, 2.75) is 34.1 Å². The van der Waals surface area contributed by atoms with E-state index in [1.54, 1.807) is 12.1 Å². The standard InChI is InChI=1S/C14H21BrN2O/c1-9(14(2,3)4)7-13(18)17-10-5-6-12(16)11(15)8-10/h5-6,8-9H,7,16H2,1-4H3,(H,17,18). The van der Waals surface area contributed by atoms with E-state index in [0.717, 1.165) is 10.2 Å². The number of amides is 1. The molecule has 1 unspecified atom stereocenters. The molecule has 0 spiro atoms. The molecule has 1 atom stereocenters. The third-order valence-electron chi connectivity index (χ3n) is 3.25. The van der Waals surface area contributed by atoms with Crippen molar-refractivity contribution in [1.29, 1.82) is 0 Å². The van der Waals surface area contributed by atoms with Crippen molar-refractivity contribution in [3.05, 3.63) is 22.7 Å². The van der Waals surface area contributed by atoms with E-state index in [9.17, 15) is 4.79 Å². The van der Waals surface area contributed by atoms with Crippen LogP contribution in [0.3, 0.4) is 0 Å². The van der Waals surface area contributed by atoms with Crippen molar-refractivity contribution < 1.29 is 4.79 Å². The maximum absolute atomic E-state index is 11.9. The Morgan fingerprint density at radius 3 is 2.56 bits per heavy atom. The molecule has 100 valence electrons. The number of halogens is 1. The van der Waals surface area contributed by atoms with Crippen LogP contribution >= 0.6 is 15.9 Å². The SMILES string of the molecule is CC(CC(=O)Nc1ccc(N)c(Br)c1)C(C)(C)C. The van der Waals surface area contributed by atoms with Crippen LogP contribution in [0.15, 0.2) is 22.7 Å². The van der Waals surface area contributed by atoms with E-state index >= 15 is 0 Å². The summed E-state index contributed by atoms with van der Waals surface area (Å²) < 4.78 is 0.796. The normalized spacial score (nSPS) is 13.2. The highest BCUT2D eigenvalue weighted by Crippen LogP contribution is 2.29. The molecule has 0 heterocycles. The number of rotatable bonds is 3. The first-order valence-corrected chi connectivity index (χ1v) is 6.84. The molecule has 0 fully saturated rings. The van der Waals surface area contributed by atoms with Crippen molar-refractivity contribution in [2.24, 2.45) is 11.3 Å². The number of hydrogen-bond donors (Lipinski definition) is 2. The van der Waals surface area contributed by atoms with Crippen LogP contribution in [0.25, 0.3) is 0 Å². The van der Waals surface area contributed by atoms with Gasteiger partial charge in [-0.25, -0.2) is 0 Å². The van der Waals surface area contributed by atoms with Crippen LogP contribution in [0, 0.1) is 11.3 Å². The Bertz CT molecular complexity index is 438. The van der Waals surface area contributed by atoms with Crippen molar-refractivity contribution in [3.63, 3.8) is 0 Å². The Morgan fingerprint density at radius 2 is 2.06 bits per heavy atom. The highest BCUT2D eigenvalue weighted by molar-refractivity contribution is 9.10. The zero-order valence-corrected chi connectivity index (χ0v) is 13.0. The van der Waals surface area contributed by atoms with E-state index in [2.05, 4.69) is 48.9 Å². The molecule has 3 N–H and O–H groups in total. The number of carbonyl (C=O) groups is 1. The maximum Gasteiger partial charge on any atom is 0.224 e. The minimum atomic E-state index is 0.0362. The van der Waals surface area contributed by atoms with E-state index in [0.29, 0.717) is 18.0 Å². The zero-order chi connectivity index (χ0) is 13.9. The highest BCUT2D eigenvalue weighted by Gasteiger charge is 2.22. The predicted molar refractivity (Wildman–Crippen MR) is 80.4 cm³/mol. The molecule has 0 aliphatic carbocycles. The van der Waals surface area contributed by atoms with Crippen LogP contribution in [0.2, 0.25) is 0 Å². The second kappa shape index (κ2) is 5.74. The number of nitrogen functional groups attached to an aromatic ring is 1. The van der Waals surface area contributed by atoms with Crippen molar-refractivity contribution in [1.82, 2.24) is 0 Å². The Labute approximate surface area is 117 Å². The fraction of sp³-hybridized carbons (Fsp3) is 0.500. The van der Waals surface area contributed by atoms with Gasteiger partial charge in [-0.2, -0.15) is 0 Å². The number of hydrogen-bond acceptors (Lipinski definition) is 2. The molecule has 0 radical (unpaired) electrons. The van der Waals surface area contributed by atoms with Gasteiger partial charge in [-0.05, 0) is 45.5 Å². The number of nitrogens with two attached hydrogens (primary N) is 1. The third kappa shape index (κ3) is 4.33. The molecule has 18 heavy (non-hydrogen) atoms. The molecule has 0 saturated carbocycles. The summed E-state index contributed by atoms with van der Waals surface area (Å²) in [4.78, 5) is 11.9. The minimum Gasteiger partial charge on any atom is -0.398 e. The monoisotopic (exact) mass is 312 g/mol. The van der Waals surface area contributed by atoms with Crippen LogP contribution in [0.4, 0.5) is 11.4 Å². The molecule has 4 heteroatoms. The summed E-state index contributed by atoms with van der Waals surface area (Å²) in [7, 11) is 0. The number of benzene rings is 1. The lowest BCUT2D eigenvalue weighted by atomic mass is 9.80. The molecule has 0 aliphatic rings. The maximum atomic E-state index is 11.9. The lowest BCUT2D eigenvalue weighted by Crippen LogP contribution is -2.23. The first-order valence-electron chi connectivity index (χ1n) is 6.05. The van der Waals surface area contributed by atoms with Crippen molar-refractivity contribution >= 4 is 33.2 Å². The summed E-state index contributed by atoms with van der Waals surface area (Å²) >= 11 is 3.34. The average molecular weight is 313 g/mol. The van der Waals surface area contributed by atoms with Gasteiger partial charge in [0.25, 0.3) is 0 Å². The lowest BCUT2D eigenvalue weighted by Gasteiger charge is -2.26. The van der Waals surface area contributed by atoms with Crippen molar-refractivity contribution in [3.8, 4) is 0 Å². The molecule has 3 nitrogen and oxygen atoms in total. The Kier molecular flexibility index (Phi) is 4.79. The Balaban J connectivity index is 2.62. The zero-order valence-electron chi connectivity index (χ0n) is 11.4. The fourth-order valence-electron chi connectivity index (χ4n) is 1.40. The average Bonchev–Trinajstić information content (AvgIpc) is 2.22. The van der Waals surface area contributed by atoms with Crippen LogP contribution < -0.4 is 11.1 Å². The highest BCUT2D eigenvalue weighted by atomic mass is 79.9. The molecule has 0 aliphatic heterocycles. The molecule has 1 rings (SSSR count). The van der Waals surface area contributed by atoms with Crippen molar-refractivity contribution in [2.75, 3.05) is 11.1 Å². The van der Waals surface area contributed by atoms with Gasteiger partial charge in [0, 0.05) is 22.3 Å². The third-order valence-corrected chi connectivity index (χ3v) is 3.94. The summed E-state index contributed by atoms with van der Waals surface area (Å²) in [5.74, 6) is 0.365. The number of anilines is 2. The van der Waals surface area contributed by atoms with Gasteiger partial charge >= 0.3 is 0 Å². The molecule has 1 aromatic rings. The van der Waals surface area contributed by atoms with Crippen LogP contribution in [0.1, 0.15) is 34.1 Å². The largest absolute Gasteiger partial charge is 0.398 e. The fourth-order valence-corrected chi connectivity index (χ4v) is 1.78. The molecule has 0 saturated heterocycles. The van der Waals surface area contributed by atoms with Gasteiger partial charge in [0.1, 0.15) is 0 Å². The molecule has 1 aromatic carbocycles. The van der Waals surface area contributed by atoms with Crippen LogP contribution in [0.5, 0.6) is 0 Å². The molecule has 1 amide bonds. The van der Waals surface area contributed by atoms with Gasteiger partial charge < -0.3 is 11.1 Å². The Hall–Kier alpha value is -1.03. The van der Waals surface area contributed by atoms with Gasteiger partial charge in [0.05, 0.1) is 0 Å². The summed E-state index contributed by atoms with van der Waals surface area (Å²) in [6, 6.07) is 5.39. The van der Waals surface area contributed by atoms with Gasteiger partial charge in [0.2, 0.25) is 5.91 Å². The number of carbonyl (C=O) groups excluding carboxylic acids is 1. The second-order valence-electron chi connectivity index (χ2n) is 5.76. The first kappa shape index (κ1) is 15.0. The molecular weight excluding hydrogens is 292 g/mol. The summed E-state index contributed by atoms with van der Waals surface area (Å²) in [5.41, 5.74) is 7.26. The van der Waals surface area contributed by atoms with E-state index in [1.165, 1.54) is 0 Å². The molecule has 0 aromatic heterocycles. The summed E-state index contributed by atoms with van der Waals surface area (Å²) in [6.45, 7) is 8.53. The van der Waals surface area contributed by atoms with Gasteiger partial charge in [0.15, 0.2) is 0 Å².